The highest BCUT2D eigenvalue weighted by molar-refractivity contribution is 7.89. The second-order valence-corrected chi connectivity index (χ2v) is 9.29. The fraction of sp³-hybridized carbons (Fsp3) is 0.364. The van der Waals surface area contributed by atoms with Crippen molar-refractivity contribution in [3.05, 3.63) is 65.2 Å². The Morgan fingerprint density at radius 1 is 1.03 bits per heavy atom. The topological polar surface area (TPSA) is 93.2 Å². The van der Waals surface area contributed by atoms with Crippen molar-refractivity contribution in [2.45, 2.75) is 18.4 Å². The molecule has 3 rings (SSSR count). The molecule has 9 heteroatoms. The number of sulfonamides is 1. The molecule has 0 aromatic heterocycles. The van der Waals surface area contributed by atoms with Crippen molar-refractivity contribution >= 4 is 21.9 Å². The van der Waals surface area contributed by atoms with Crippen LogP contribution >= 0.6 is 0 Å². The molecular weight excluding hydrogens is 420 g/mol. The van der Waals surface area contributed by atoms with E-state index in [1.807, 2.05) is 31.2 Å². The minimum atomic E-state index is -3.63. The van der Waals surface area contributed by atoms with Gasteiger partial charge in [-0.05, 0) is 36.8 Å². The monoisotopic (exact) mass is 446 g/mol. The molecule has 2 aromatic carbocycles. The summed E-state index contributed by atoms with van der Waals surface area (Å²) in [6.07, 6.45) is 0. The Hall–Kier alpha value is -2.75. The minimum absolute atomic E-state index is 0.0971. The standard InChI is InChI=1S/C22H26N2O6S/c1-17-3-5-18(6-4-17)15-23(2)21(25)16-30-22(26)19-7-9-20(10-8-19)31(27,28)24-11-13-29-14-12-24/h3-10H,11-16H2,1-2H3. The zero-order valence-corrected chi connectivity index (χ0v) is 18.4. The molecule has 0 saturated carbocycles. The zero-order valence-electron chi connectivity index (χ0n) is 17.6. The first-order chi connectivity index (χ1) is 14.8. The first-order valence-corrected chi connectivity index (χ1v) is 11.4. The van der Waals surface area contributed by atoms with Crippen LogP contribution in [0.5, 0.6) is 0 Å². The largest absolute Gasteiger partial charge is 0.452 e. The molecule has 0 spiro atoms. The maximum absolute atomic E-state index is 12.6. The van der Waals surface area contributed by atoms with Gasteiger partial charge in [0, 0.05) is 26.7 Å². The molecule has 2 aromatic rings. The molecule has 8 nitrogen and oxygen atoms in total. The van der Waals surface area contributed by atoms with Crippen molar-refractivity contribution in [2.75, 3.05) is 40.0 Å². The number of esters is 1. The van der Waals surface area contributed by atoms with E-state index in [-0.39, 0.29) is 16.4 Å². The van der Waals surface area contributed by atoms with E-state index in [0.717, 1.165) is 11.1 Å². The van der Waals surface area contributed by atoms with Crippen molar-refractivity contribution in [2.24, 2.45) is 0 Å². The molecule has 1 amide bonds. The summed E-state index contributed by atoms with van der Waals surface area (Å²) >= 11 is 0. The van der Waals surface area contributed by atoms with Crippen LogP contribution in [0.4, 0.5) is 0 Å². The number of morpholine rings is 1. The van der Waals surface area contributed by atoms with Gasteiger partial charge in [-0.15, -0.1) is 0 Å². The van der Waals surface area contributed by atoms with Gasteiger partial charge in [0.2, 0.25) is 10.0 Å². The fourth-order valence-electron chi connectivity index (χ4n) is 3.08. The first-order valence-electron chi connectivity index (χ1n) is 9.92. The minimum Gasteiger partial charge on any atom is -0.452 e. The van der Waals surface area contributed by atoms with Crippen molar-refractivity contribution in [1.82, 2.24) is 9.21 Å². The van der Waals surface area contributed by atoms with Crippen molar-refractivity contribution in [1.29, 1.82) is 0 Å². The number of amides is 1. The molecule has 0 aliphatic carbocycles. The Kier molecular flexibility index (Phi) is 7.42. The van der Waals surface area contributed by atoms with Gasteiger partial charge in [0.05, 0.1) is 23.7 Å². The Balaban J connectivity index is 1.54. The second kappa shape index (κ2) is 10.0. The van der Waals surface area contributed by atoms with E-state index in [0.29, 0.717) is 32.8 Å². The highest BCUT2D eigenvalue weighted by Gasteiger charge is 2.26. The first kappa shape index (κ1) is 22.9. The maximum atomic E-state index is 12.6. The van der Waals surface area contributed by atoms with E-state index in [2.05, 4.69) is 0 Å². The second-order valence-electron chi connectivity index (χ2n) is 7.35. The molecule has 166 valence electrons. The maximum Gasteiger partial charge on any atom is 0.338 e. The number of carbonyl (C=O) groups is 2. The van der Waals surface area contributed by atoms with Crippen LogP contribution in [0.3, 0.4) is 0 Å². The lowest BCUT2D eigenvalue weighted by atomic mass is 10.1. The van der Waals surface area contributed by atoms with Crippen LogP contribution in [0.2, 0.25) is 0 Å². The summed E-state index contributed by atoms with van der Waals surface area (Å²) in [4.78, 5) is 26.1. The van der Waals surface area contributed by atoms with E-state index < -0.39 is 22.6 Å². The van der Waals surface area contributed by atoms with Gasteiger partial charge in [-0.25, -0.2) is 13.2 Å². The van der Waals surface area contributed by atoms with E-state index in [9.17, 15) is 18.0 Å². The molecule has 1 saturated heterocycles. The summed E-state index contributed by atoms with van der Waals surface area (Å²) in [6.45, 7) is 3.31. The third kappa shape index (κ3) is 5.90. The lowest BCUT2D eigenvalue weighted by molar-refractivity contribution is -0.133. The van der Waals surface area contributed by atoms with Crippen molar-refractivity contribution in [3.8, 4) is 0 Å². The number of rotatable bonds is 7. The van der Waals surface area contributed by atoms with Gasteiger partial charge in [0.15, 0.2) is 6.61 Å². The van der Waals surface area contributed by atoms with Gasteiger partial charge in [-0.1, -0.05) is 29.8 Å². The average Bonchev–Trinajstić information content (AvgIpc) is 2.79. The van der Waals surface area contributed by atoms with E-state index in [1.54, 1.807) is 7.05 Å². The van der Waals surface area contributed by atoms with E-state index in [4.69, 9.17) is 9.47 Å². The summed E-state index contributed by atoms with van der Waals surface area (Å²) in [5.41, 5.74) is 2.29. The van der Waals surface area contributed by atoms with Gasteiger partial charge >= 0.3 is 5.97 Å². The van der Waals surface area contributed by atoms with Crippen molar-refractivity contribution in [3.63, 3.8) is 0 Å². The van der Waals surface area contributed by atoms with Crippen LogP contribution in [0.15, 0.2) is 53.4 Å². The van der Waals surface area contributed by atoms with Crippen LogP contribution in [0.1, 0.15) is 21.5 Å². The smallest absolute Gasteiger partial charge is 0.338 e. The summed E-state index contributed by atoms with van der Waals surface area (Å²) in [7, 11) is -1.99. The van der Waals surface area contributed by atoms with Crippen LogP contribution in [-0.4, -0.2) is 69.5 Å². The molecule has 1 fully saturated rings. The molecule has 1 heterocycles. The molecule has 0 N–H and O–H groups in total. The number of ether oxygens (including phenoxy) is 2. The fourth-order valence-corrected chi connectivity index (χ4v) is 4.48. The van der Waals surface area contributed by atoms with Crippen LogP contribution in [0, 0.1) is 6.92 Å². The van der Waals surface area contributed by atoms with Crippen LogP contribution in [0.25, 0.3) is 0 Å². The van der Waals surface area contributed by atoms with Gasteiger partial charge in [0.1, 0.15) is 0 Å². The molecule has 31 heavy (non-hydrogen) atoms. The SMILES string of the molecule is Cc1ccc(CN(C)C(=O)COC(=O)c2ccc(S(=O)(=O)N3CCOCC3)cc2)cc1. The van der Waals surface area contributed by atoms with Gasteiger partial charge in [-0.3, -0.25) is 4.79 Å². The molecule has 0 atom stereocenters. The number of carbonyl (C=O) groups excluding carboxylic acids is 2. The van der Waals surface area contributed by atoms with Gasteiger partial charge in [-0.2, -0.15) is 4.31 Å². The van der Waals surface area contributed by atoms with Gasteiger partial charge in [0.25, 0.3) is 5.91 Å². The Morgan fingerprint density at radius 2 is 1.65 bits per heavy atom. The van der Waals surface area contributed by atoms with E-state index in [1.165, 1.54) is 33.5 Å². The summed E-state index contributed by atoms with van der Waals surface area (Å²) in [6, 6.07) is 13.3. The summed E-state index contributed by atoms with van der Waals surface area (Å²) in [5, 5.41) is 0. The number of benzene rings is 2. The molecule has 1 aliphatic rings. The third-order valence-corrected chi connectivity index (χ3v) is 6.90. The molecule has 0 radical (unpaired) electrons. The number of hydrogen-bond donors (Lipinski definition) is 0. The lowest BCUT2D eigenvalue weighted by Gasteiger charge is -2.26. The normalized spacial score (nSPS) is 14.8. The number of likely N-dealkylation sites (N-methyl/N-ethyl adjacent to an activating group) is 1. The summed E-state index contributed by atoms with van der Waals surface area (Å²) in [5.74, 6) is -1.02. The van der Waals surface area contributed by atoms with Crippen LogP contribution < -0.4 is 0 Å². The molecule has 1 aliphatic heterocycles. The molecular formula is C22H26N2O6S. The zero-order chi connectivity index (χ0) is 22.4. The van der Waals surface area contributed by atoms with E-state index >= 15 is 0 Å². The Bertz CT molecular complexity index is 1010. The average molecular weight is 447 g/mol. The number of hydrogen-bond acceptors (Lipinski definition) is 6. The van der Waals surface area contributed by atoms with Gasteiger partial charge < -0.3 is 14.4 Å². The highest BCUT2D eigenvalue weighted by atomic mass is 32.2. The predicted molar refractivity (Wildman–Crippen MR) is 114 cm³/mol. The van der Waals surface area contributed by atoms with Crippen LogP contribution in [-0.2, 0) is 30.8 Å². The quantitative estimate of drug-likeness (QED) is 0.603. The van der Waals surface area contributed by atoms with Crippen molar-refractivity contribution < 1.29 is 27.5 Å². The summed E-state index contributed by atoms with van der Waals surface area (Å²) < 4.78 is 36.9. The number of aryl methyl sites for hydroxylation is 1. The lowest BCUT2D eigenvalue weighted by Crippen LogP contribution is -2.40. The molecule has 0 bridgehead atoms. The Morgan fingerprint density at radius 3 is 2.26 bits per heavy atom. The predicted octanol–water partition coefficient (Wildman–Crippen LogP) is 1.83. The molecule has 0 unspecified atom stereocenters. The Labute approximate surface area is 182 Å². The number of nitrogens with zero attached hydrogens (tertiary/aromatic N) is 2. The highest BCUT2D eigenvalue weighted by Crippen LogP contribution is 2.18. The third-order valence-electron chi connectivity index (χ3n) is 4.99.